The molecule has 0 spiro atoms. The summed E-state index contributed by atoms with van der Waals surface area (Å²) in [7, 11) is -3.83. The number of benzene rings is 1. The molecule has 9 heteroatoms. The number of hydrogen-bond acceptors (Lipinski definition) is 7. The molecule has 8 nitrogen and oxygen atoms in total. The highest BCUT2D eigenvalue weighted by Crippen LogP contribution is 2.36. The van der Waals surface area contributed by atoms with Gasteiger partial charge in [-0.2, -0.15) is 0 Å². The minimum atomic E-state index is -3.83. The van der Waals surface area contributed by atoms with Crippen molar-refractivity contribution < 1.29 is 13.2 Å². The Hall–Kier alpha value is -2.65. The van der Waals surface area contributed by atoms with E-state index in [4.69, 9.17) is 10.5 Å². The number of nitrogens with two attached hydrogens (primary N) is 1. The summed E-state index contributed by atoms with van der Waals surface area (Å²) in [6, 6.07) is 8.22. The van der Waals surface area contributed by atoms with Crippen molar-refractivity contribution in [2.24, 2.45) is 0 Å². The van der Waals surface area contributed by atoms with Crippen molar-refractivity contribution in [3.8, 4) is 0 Å². The molecule has 0 amide bonds. The molecule has 28 heavy (non-hydrogen) atoms. The molecule has 0 saturated carbocycles. The normalized spacial score (nSPS) is 17.2. The maximum absolute atomic E-state index is 13.2. The van der Waals surface area contributed by atoms with E-state index in [9.17, 15) is 8.42 Å². The molecule has 0 aliphatic carbocycles. The van der Waals surface area contributed by atoms with Gasteiger partial charge < -0.3 is 20.4 Å². The number of sulfone groups is 1. The third-order valence-corrected chi connectivity index (χ3v) is 6.61. The van der Waals surface area contributed by atoms with E-state index >= 15 is 0 Å². The highest BCUT2D eigenvalue weighted by Gasteiger charge is 2.32. The summed E-state index contributed by atoms with van der Waals surface area (Å²) in [4.78, 5) is 14.3. The highest BCUT2D eigenvalue weighted by atomic mass is 32.2. The standard InChI is InChI=1S/C19H23N5O3S/c1-12-21-14-15(18(22-12)24-9-10-27-19(2,3)11-24)23-17(20)16(14)28(25,26)13-7-5-4-6-8-13/h4-8,23H,9-11,20H2,1-3H3. The third kappa shape index (κ3) is 3.10. The molecule has 0 unspecified atom stereocenters. The Balaban J connectivity index is 1.92. The fraction of sp³-hybridized carbons (Fsp3) is 0.368. The molecule has 3 heterocycles. The fourth-order valence-corrected chi connectivity index (χ4v) is 5.07. The van der Waals surface area contributed by atoms with Crippen LogP contribution in [0.15, 0.2) is 40.1 Å². The first-order valence-electron chi connectivity index (χ1n) is 9.04. The summed E-state index contributed by atoms with van der Waals surface area (Å²) >= 11 is 0. The molecule has 4 rings (SSSR count). The van der Waals surface area contributed by atoms with Crippen LogP contribution in [0.25, 0.3) is 11.0 Å². The zero-order valence-electron chi connectivity index (χ0n) is 16.1. The summed E-state index contributed by atoms with van der Waals surface area (Å²) in [5.41, 5.74) is 6.64. The van der Waals surface area contributed by atoms with Gasteiger partial charge in [0.25, 0.3) is 0 Å². The lowest BCUT2D eigenvalue weighted by Crippen LogP contribution is -2.48. The van der Waals surface area contributed by atoms with Crippen molar-refractivity contribution in [2.75, 3.05) is 30.3 Å². The van der Waals surface area contributed by atoms with Gasteiger partial charge >= 0.3 is 0 Å². The van der Waals surface area contributed by atoms with Gasteiger partial charge in [0, 0.05) is 13.1 Å². The number of rotatable bonds is 3. The second-order valence-corrected chi connectivity index (χ2v) is 9.42. The van der Waals surface area contributed by atoms with Crippen LogP contribution < -0.4 is 10.6 Å². The van der Waals surface area contributed by atoms with Crippen LogP contribution in [-0.4, -0.2) is 48.7 Å². The van der Waals surface area contributed by atoms with Crippen LogP contribution in [0.5, 0.6) is 0 Å². The van der Waals surface area contributed by atoms with Gasteiger partial charge in [0.1, 0.15) is 27.6 Å². The molecule has 0 atom stereocenters. The Morgan fingerprint density at radius 3 is 2.61 bits per heavy atom. The summed E-state index contributed by atoms with van der Waals surface area (Å²) in [5, 5.41) is 0. The van der Waals surface area contributed by atoms with Crippen LogP contribution in [0.1, 0.15) is 19.7 Å². The number of ether oxygens (including phenoxy) is 1. The second-order valence-electron chi connectivity index (χ2n) is 7.53. The topological polar surface area (TPSA) is 114 Å². The zero-order chi connectivity index (χ0) is 20.1. The number of nitrogen functional groups attached to an aromatic ring is 1. The van der Waals surface area contributed by atoms with Crippen molar-refractivity contribution >= 4 is 32.5 Å². The first-order valence-corrected chi connectivity index (χ1v) is 10.5. The van der Waals surface area contributed by atoms with E-state index < -0.39 is 9.84 Å². The lowest BCUT2D eigenvalue weighted by atomic mass is 10.1. The van der Waals surface area contributed by atoms with E-state index in [1.807, 2.05) is 13.8 Å². The molecule has 1 aliphatic heterocycles. The van der Waals surface area contributed by atoms with Gasteiger partial charge in [0.05, 0.1) is 17.1 Å². The minimum absolute atomic E-state index is 0.00651. The van der Waals surface area contributed by atoms with Crippen LogP contribution in [0.4, 0.5) is 11.6 Å². The van der Waals surface area contributed by atoms with E-state index in [0.29, 0.717) is 42.4 Å². The summed E-state index contributed by atoms with van der Waals surface area (Å²) in [6.07, 6.45) is 0. The Kier molecular flexibility index (Phi) is 4.31. The Morgan fingerprint density at radius 1 is 1.21 bits per heavy atom. The Labute approximate surface area is 163 Å². The molecular formula is C19H23N5O3S. The average molecular weight is 401 g/mol. The van der Waals surface area contributed by atoms with Crippen LogP contribution >= 0.6 is 0 Å². The molecule has 1 aliphatic rings. The van der Waals surface area contributed by atoms with Crippen molar-refractivity contribution in [1.82, 2.24) is 15.0 Å². The number of morpholine rings is 1. The number of aromatic amines is 1. The van der Waals surface area contributed by atoms with Crippen LogP contribution in [-0.2, 0) is 14.6 Å². The van der Waals surface area contributed by atoms with Gasteiger partial charge in [-0.05, 0) is 32.9 Å². The van der Waals surface area contributed by atoms with Crippen molar-refractivity contribution in [1.29, 1.82) is 0 Å². The predicted molar refractivity (Wildman–Crippen MR) is 107 cm³/mol. The second kappa shape index (κ2) is 6.46. The molecular weight excluding hydrogens is 378 g/mol. The molecule has 1 saturated heterocycles. The van der Waals surface area contributed by atoms with Gasteiger partial charge in [-0.15, -0.1) is 0 Å². The maximum atomic E-state index is 13.2. The summed E-state index contributed by atoms with van der Waals surface area (Å²) in [5.74, 6) is 1.18. The number of aryl methyl sites for hydroxylation is 1. The number of aromatic nitrogens is 3. The van der Waals surface area contributed by atoms with Crippen LogP contribution in [0.3, 0.4) is 0 Å². The van der Waals surface area contributed by atoms with Crippen LogP contribution in [0.2, 0.25) is 0 Å². The van der Waals surface area contributed by atoms with Gasteiger partial charge in [0.2, 0.25) is 9.84 Å². The number of H-pyrrole nitrogens is 1. The van der Waals surface area contributed by atoms with Crippen LogP contribution in [0, 0.1) is 6.92 Å². The molecule has 3 N–H and O–H groups in total. The van der Waals surface area contributed by atoms with Gasteiger partial charge in [-0.1, -0.05) is 18.2 Å². The quantitative estimate of drug-likeness (QED) is 0.692. The first kappa shape index (κ1) is 18.7. The molecule has 148 valence electrons. The molecule has 0 bridgehead atoms. The van der Waals surface area contributed by atoms with Gasteiger partial charge in [-0.3, -0.25) is 0 Å². The third-order valence-electron chi connectivity index (χ3n) is 4.77. The molecule has 3 aromatic rings. The summed E-state index contributed by atoms with van der Waals surface area (Å²) in [6.45, 7) is 7.60. The zero-order valence-corrected chi connectivity index (χ0v) is 16.9. The number of hydrogen-bond donors (Lipinski definition) is 2. The predicted octanol–water partition coefficient (Wildman–Crippen LogP) is 2.30. The van der Waals surface area contributed by atoms with E-state index in [2.05, 4.69) is 19.9 Å². The Bertz CT molecular complexity index is 1140. The highest BCUT2D eigenvalue weighted by molar-refractivity contribution is 7.92. The van der Waals surface area contributed by atoms with Crippen molar-refractivity contribution in [2.45, 2.75) is 36.2 Å². The minimum Gasteiger partial charge on any atom is -0.384 e. The fourth-order valence-electron chi connectivity index (χ4n) is 3.57. The van der Waals surface area contributed by atoms with E-state index in [0.717, 1.165) is 0 Å². The average Bonchev–Trinajstić information content (AvgIpc) is 2.97. The molecule has 0 radical (unpaired) electrons. The number of fused-ring (bicyclic) bond motifs is 1. The smallest absolute Gasteiger partial charge is 0.212 e. The van der Waals surface area contributed by atoms with Crippen molar-refractivity contribution in [3.05, 3.63) is 36.2 Å². The molecule has 2 aromatic heterocycles. The van der Waals surface area contributed by atoms with Gasteiger partial charge in [-0.25, -0.2) is 18.4 Å². The monoisotopic (exact) mass is 401 g/mol. The Morgan fingerprint density at radius 2 is 1.93 bits per heavy atom. The first-order chi connectivity index (χ1) is 13.2. The largest absolute Gasteiger partial charge is 0.384 e. The number of nitrogens with zero attached hydrogens (tertiary/aromatic N) is 3. The SMILES string of the molecule is Cc1nc(N2CCOC(C)(C)C2)c2[nH]c(N)c(S(=O)(=O)c3ccccc3)c2n1. The van der Waals surface area contributed by atoms with E-state index in [1.165, 1.54) is 0 Å². The van der Waals surface area contributed by atoms with E-state index in [1.54, 1.807) is 37.3 Å². The number of anilines is 2. The summed E-state index contributed by atoms with van der Waals surface area (Å²) < 4.78 is 32.3. The maximum Gasteiger partial charge on any atom is 0.212 e. The number of nitrogens with one attached hydrogen (secondary N) is 1. The van der Waals surface area contributed by atoms with Crippen molar-refractivity contribution in [3.63, 3.8) is 0 Å². The molecule has 1 fully saturated rings. The van der Waals surface area contributed by atoms with E-state index in [-0.39, 0.29) is 21.2 Å². The van der Waals surface area contributed by atoms with Gasteiger partial charge in [0.15, 0.2) is 5.82 Å². The lowest BCUT2D eigenvalue weighted by molar-refractivity contribution is -0.0278. The molecule has 1 aromatic carbocycles. The lowest BCUT2D eigenvalue weighted by Gasteiger charge is -2.38.